The van der Waals surface area contributed by atoms with E-state index in [2.05, 4.69) is 28.8 Å². The molecule has 0 aliphatic carbocycles. The molecule has 0 spiro atoms. The maximum atomic E-state index is 11.8. The molecule has 6 heteroatoms. The molecule has 0 saturated carbocycles. The minimum absolute atomic E-state index is 0.153. The molecule has 0 bridgehead atoms. The lowest BCUT2D eigenvalue weighted by molar-refractivity contribution is 0.179. The van der Waals surface area contributed by atoms with E-state index >= 15 is 0 Å². The van der Waals surface area contributed by atoms with Gasteiger partial charge in [0.15, 0.2) is 0 Å². The largest absolute Gasteiger partial charge is 0.382 e. The summed E-state index contributed by atoms with van der Waals surface area (Å²) >= 11 is 0. The molecule has 0 radical (unpaired) electrons. The lowest BCUT2D eigenvalue weighted by atomic mass is 9.93. The predicted octanol–water partition coefficient (Wildman–Crippen LogP) is 2.98. The summed E-state index contributed by atoms with van der Waals surface area (Å²) in [4.78, 5) is 2.48. The van der Waals surface area contributed by atoms with Crippen LogP contribution in [0.5, 0.6) is 0 Å². The Morgan fingerprint density at radius 1 is 1.17 bits per heavy atom. The Labute approximate surface area is 140 Å². The first kappa shape index (κ1) is 18.1. The van der Waals surface area contributed by atoms with Crippen LogP contribution >= 0.6 is 0 Å². The minimum atomic E-state index is -3.22. The molecule has 130 valence electrons. The van der Waals surface area contributed by atoms with Crippen LogP contribution < -0.4 is 10.0 Å². The van der Waals surface area contributed by atoms with Crippen LogP contribution in [0.25, 0.3) is 0 Å². The van der Waals surface area contributed by atoms with Crippen molar-refractivity contribution in [2.45, 2.75) is 39.7 Å². The zero-order valence-corrected chi connectivity index (χ0v) is 15.2. The fourth-order valence-corrected chi connectivity index (χ4v) is 4.22. The topological polar surface area (TPSA) is 61.4 Å². The summed E-state index contributed by atoms with van der Waals surface area (Å²) < 4.78 is 26.2. The molecule has 1 heterocycles. The molecule has 2 N–H and O–H groups in total. The standard InChI is InChI=1S/C17H29N3O2S/c1-4-12-23(21,22)19-16-8-6-15(7-9-16)18-17-10-11-20(5-2)13-14(17)3/h6-9,14,17-19H,4-5,10-13H2,1-3H3/t14-,17+/m1/s1. The fraction of sp³-hybridized carbons (Fsp3) is 0.647. The monoisotopic (exact) mass is 339 g/mol. The summed E-state index contributed by atoms with van der Waals surface area (Å²) in [7, 11) is -3.22. The van der Waals surface area contributed by atoms with Gasteiger partial charge in [-0.15, -0.1) is 0 Å². The molecule has 1 aromatic rings. The Hall–Kier alpha value is -1.27. The maximum absolute atomic E-state index is 11.8. The molecule has 0 amide bonds. The van der Waals surface area contributed by atoms with E-state index in [0.29, 0.717) is 24.1 Å². The van der Waals surface area contributed by atoms with Gasteiger partial charge in [0.2, 0.25) is 10.0 Å². The molecule has 2 atom stereocenters. The van der Waals surface area contributed by atoms with Crippen molar-refractivity contribution in [3.63, 3.8) is 0 Å². The summed E-state index contributed by atoms with van der Waals surface area (Å²) in [6.07, 6.45) is 1.75. The van der Waals surface area contributed by atoms with Crippen LogP contribution in [-0.4, -0.2) is 44.7 Å². The van der Waals surface area contributed by atoms with Gasteiger partial charge in [-0.1, -0.05) is 20.8 Å². The summed E-state index contributed by atoms with van der Waals surface area (Å²) in [6, 6.07) is 8.01. The molecule has 1 saturated heterocycles. The van der Waals surface area contributed by atoms with Crippen molar-refractivity contribution in [3.8, 4) is 0 Å². The third kappa shape index (κ3) is 5.39. The Kier molecular flexibility index (Phi) is 6.30. The van der Waals surface area contributed by atoms with Crippen molar-refractivity contribution in [3.05, 3.63) is 24.3 Å². The molecular weight excluding hydrogens is 310 g/mol. The molecule has 23 heavy (non-hydrogen) atoms. The summed E-state index contributed by atoms with van der Waals surface area (Å²) in [5, 5.41) is 3.59. The molecule has 1 aliphatic heterocycles. The number of benzene rings is 1. The minimum Gasteiger partial charge on any atom is -0.382 e. The summed E-state index contributed by atoms with van der Waals surface area (Å²) in [5.74, 6) is 0.756. The summed E-state index contributed by atoms with van der Waals surface area (Å²) in [5.41, 5.74) is 1.67. The van der Waals surface area contributed by atoms with Crippen LogP contribution in [0.1, 0.15) is 33.6 Å². The van der Waals surface area contributed by atoms with Gasteiger partial charge in [0, 0.05) is 30.5 Å². The van der Waals surface area contributed by atoms with Crippen molar-refractivity contribution in [2.24, 2.45) is 5.92 Å². The van der Waals surface area contributed by atoms with Gasteiger partial charge in [-0.05, 0) is 49.6 Å². The zero-order chi connectivity index (χ0) is 16.9. The smallest absolute Gasteiger partial charge is 0.232 e. The van der Waals surface area contributed by atoms with E-state index in [9.17, 15) is 8.42 Å². The first-order valence-corrected chi connectivity index (χ1v) is 10.2. The van der Waals surface area contributed by atoms with Gasteiger partial charge in [0.1, 0.15) is 0 Å². The Morgan fingerprint density at radius 3 is 2.39 bits per heavy atom. The second-order valence-corrected chi connectivity index (χ2v) is 8.25. The average molecular weight is 340 g/mol. The van der Waals surface area contributed by atoms with Gasteiger partial charge < -0.3 is 10.2 Å². The first-order chi connectivity index (χ1) is 10.9. The second kappa shape index (κ2) is 8.02. The van der Waals surface area contributed by atoms with Crippen molar-refractivity contribution in [1.29, 1.82) is 0 Å². The van der Waals surface area contributed by atoms with E-state index in [1.807, 2.05) is 31.2 Å². The highest BCUT2D eigenvalue weighted by molar-refractivity contribution is 7.92. The number of rotatable bonds is 7. The van der Waals surface area contributed by atoms with Crippen molar-refractivity contribution in [2.75, 3.05) is 35.4 Å². The third-order valence-electron chi connectivity index (χ3n) is 4.42. The molecule has 2 rings (SSSR count). The van der Waals surface area contributed by atoms with E-state index in [0.717, 1.165) is 31.7 Å². The number of hydrogen-bond acceptors (Lipinski definition) is 4. The number of likely N-dealkylation sites (tertiary alicyclic amines) is 1. The highest BCUT2D eigenvalue weighted by Gasteiger charge is 2.24. The van der Waals surface area contributed by atoms with Crippen LogP contribution in [-0.2, 0) is 10.0 Å². The van der Waals surface area contributed by atoms with Crippen molar-refractivity contribution < 1.29 is 8.42 Å². The summed E-state index contributed by atoms with van der Waals surface area (Å²) in [6.45, 7) is 9.73. The normalized spacial score (nSPS) is 22.7. The van der Waals surface area contributed by atoms with E-state index in [-0.39, 0.29) is 5.75 Å². The van der Waals surface area contributed by atoms with E-state index in [1.54, 1.807) is 0 Å². The fourth-order valence-electron chi connectivity index (χ4n) is 3.08. The van der Waals surface area contributed by atoms with Crippen LogP contribution in [0.2, 0.25) is 0 Å². The molecule has 5 nitrogen and oxygen atoms in total. The molecule has 1 fully saturated rings. The number of sulfonamides is 1. The molecule has 0 aromatic heterocycles. The van der Waals surface area contributed by atoms with Gasteiger partial charge in [-0.2, -0.15) is 0 Å². The van der Waals surface area contributed by atoms with Gasteiger partial charge in [0.25, 0.3) is 0 Å². The molecule has 0 unspecified atom stereocenters. The quantitative estimate of drug-likeness (QED) is 0.802. The molecule has 1 aromatic carbocycles. The lowest BCUT2D eigenvalue weighted by Crippen LogP contribution is -2.44. The number of nitrogens with zero attached hydrogens (tertiary/aromatic N) is 1. The predicted molar refractivity (Wildman–Crippen MR) is 97.4 cm³/mol. The molecule has 1 aliphatic rings. The van der Waals surface area contributed by atoms with Gasteiger partial charge >= 0.3 is 0 Å². The Morgan fingerprint density at radius 2 is 1.83 bits per heavy atom. The van der Waals surface area contributed by atoms with Crippen molar-refractivity contribution >= 4 is 21.4 Å². The van der Waals surface area contributed by atoms with E-state index < -0.39 is 10.0 Å². The van der Waals surface area contributed by atoms with E-state index in [4.69, 9.17) is 0 Å². The second-order valence-electron chi connectivity index (χ2n) is 6.41. The maximum Gasteiger partial charge on any atom is 0.232 e. The number of hydrogen-bond donors (Lipinski definition) is 2. The van der Waals surface area contributed by atoms with Gasteiger partial charge in [0.05, 0.1) is 5.75 Å². The van der Waals surface area contributed by atoms with Crippen LogP contribution in [0.3, 0.4) is 0 Å². The number of anilines is 2. The van der Waals surface area contributed by atoms with Gasteiger partial charge in [-0.25, -0.2) is 8.42 Å². The average Bonchev–Trinajstić information content (AvgIpc) is 2.50. The highest BCUT2D eigenvalue weighted by atomic mass is 32.2. The van der Waals surface area contributed by atoms with Crippen molar-refractivity contribution in [1.82, 2.24) is 4.90 Å². The lowest BCUT2D eigenvalue weighted by Gasteiger charge is -2.37. The molecular formula is C17H29N3O2S. The first-order valence-electron chi connectivity index (χ1n) is 8.53. The van der Waals surface area contributed by atoms with Crippen LogP contribution in [0.15, 0.2) is 24.3 Å². The van der Waals surface area contributed by atoms with E-state index in [1.165, 1.54) is 0 Å². The number of nitrogens with one attached hydrogen (secondary N) is 2. The SMILES string of the molecule is CCCS(=O)(=O)Nc1ccc(N[C@H]2CCN(CC)C[C@H]2C)cc1. The Bertz CT molecular complexity index is 586. The zero-order valence-electron chi connectivity index (χ0n) is 14.4. The highest BCUT2D eigenvalue weighted by Crippen LogP contribution is 2.22. The van der Waals surface area contributed by atoms with Crippen LogP contribution in [0, 0.1) is 5.92 Å². The van der Waals surface area contributed by atoms with Gasteiger partial charge in [-0.3, -0.25) is 4.72 Å². The third-order valence-corrected chi connectivity index (χ3v) is 5.91. The van der Waals surface area contributed by atoms with Crippen LogP contribution in [0.4, 0.5) is 11.4 Å². The Balaban J connectivity index is 1.93. The number of piperidine rings is 1.